The standard InChI is InChI=1S/C25H32N8O3/c1-4-6-16-32(17-7-5-2)25-29-23(27-20-12-14-21(15-13-20)33(34)35)28-24(30-25)31-26-18-19-10-8-9-11-22(19)36-3/h8-15,18H,4-7,16-17H2,1-3H3,(H2,27,28,29,30,31)/b26-18+. The van der Waals surface area contributed by atoms with Crippen LogP contribution in [0.3, 0.4) is 0 Å². The van der Waals surface area contributed by atoms with Gasteiger partial charge in [-0.25, -0.2) is 5.43 Å². The Kier molecular flexibility index (Phi) is 9.92. The number of benzene rings is 2. The molecule has 11 heteroatoms. The van der Waals surface area contributed by atoms with Crippen molar-refractivity contribution >= 4 is 35.4 Å². The fraction of sp³-hybridized carbons (Fsp3) is 0.360. The van der Waals surface area contributed by atoms with Crippen molar-refractivity contribution in [1.82, 2.24) is 15.0 Å². The number of nitro benzene ring substituents is 1. The fourth-order valence-electron chi connectivity index (χ4n) is 3.35. The number of aromatic nitrogens is 3. The van der Waals surface area contributed by atoms with E-state index in [9.17, 15) is 10.1 Å². The first kappa shape index (κ1) is 26.3. The molecule has 0 aliphatic heterocycles. The summed E-state index contributed by atoms with van der Waals surface area (Å²) in [5.74, 6) is 1.81. The molecule has 0 fully saturated rings. The third kappa shape index (κ3) is 7.62. The summed E-state index contributed by atoms with van der Waals surface area (Å²) < 4.78 is 5.36. The van der Waals surface area contributed by atoms with Crippen LogP contribution in [0.4, 0.5) is 29.2 Å². The van der Waals surface area contributed by atoms with E-state index in [1.165, 1.54) is 12.1 Å². The van der Waals surface area contributed by atoms with E-state index in [1.807, 2.05) is 24.3 Å². The zero-order valence-electron chi connectivity index (χ0n) is 20.8. The maximum Gasteiger partial charge on any atom is 0.269 e. The second-order valence-corrected chi connectivity index (χ2v) is 8.02. The van der Waals surface area contributed by atoms with Gasteiger partial charge in [-0.15, -0.1) is 0 Å². The van der Waals surface area contributed by atoms with E-state index >= 15 is 0 Å². The molecule has 0 unspecified atom stereocenters. The lowest BCUT2D eigenvalue weighted by Gasteiger charge is -2.23. The monoisotopic (exact) mass is 492 g/mol. The minimum Gasteiger partial charge on any atom is -0.496 e. The summed E-state index contributed by atoms with van der Waals surface area (Å²) in [6.45, 7) is 5.93. The highest BCUT2D eigenvalue weighted by Crippen LogP contribution is 2.21. The van der Waals surface area contributed by atoms with E-state index in [-0.39, 0.29) is 11.6 Å². The van der Waals surface area contributed by atoms with Gasteiger partial charge in [-0.1, -0.05) is 38.8 Å². The molecule has 0 saturated carbocycles. The fourth-order valence-corrected chi connectivity index (χ4v) is 3.35. The second-order valence-electron chi connectivity index (χ2n) is 8.02. The number of methoxy groups -OCH3 is 1. The number of hydrogen-bond donors (Lipinski definition) is 2. The molecule has 0 amide bonds. The van der Waals surface area contributed by atoms with Gasteiger partial charge in [0.25, 0.3) is 5.69 Å². The molecular formula is C25H32N8O3. The Morgan fingerprint density at radius 3 is 2.31 bits per heavy atom. The van der Waals surface area contributed by atoms with Crippen LogP contribution in [0.15, 0.2) is 53.6 Å². The van der Waals surface area contributed by atoms with E-state index in [4.69, 9.17) is 4.74 Å². The number of unbranched alkanes of at least 4 members (excludes halogenated alkanes) is 2. The number of rotatable bonds is 14. The zero-order chi connectivity index (χ0) is 25.8. The Labute approximate surface area is 210 Å². The summed E-state index contributed by atoms with van der Waals surface area (Å²) in [5, 5.41) is 18.4. The average molecular weight is 493 g/mol. The van der Waals surface area contributed by atoms with Crippen molar-refractivity contribution < 1.29 is 9.66 Å². The average Bonchev–Trinajstić information content (AvgIpc) is 2.89. The molecule has 0 radical (unpaired) electrons. The predicted molar refractivity (Wildman–Crippen MR) is 142 cm³/mol. The van der Waals surface area contributed by atoms with Crippen LogP contribution in [0.1, 0.15) is 45.1 Å². The first-order valence-electron chi connectivity index (χ1n) is 12.0. The number of anilines is 4. The lowest BCUT2D eigenvalue weighted by Crippen LogP contribution is -2.28. The highest BCUT2D eigenvalue weighted by Gasteiger charge is 2.14. The smallest absolute Gasteiger partial charge is 0.269 e. The minimum atomic E-state index is -0.439. The van der Waals surface area contributed by atoms with E-state index in [1.54, 1.807) is 25.5 Å². The summed E-state index contributed by atoms with van der Waals surface area (Å²) in [7, 11) is 1.61. The molecule has 0 spiro atoms. The van der Waals surface area contributed by atoms with Crippen LogP contribution in [0.5, 0.6) is 5.75 Å². The number of hydrogen-bond acceptors (Lipinski definition) is 10. The number of nitro groups is 1. The number of nitrogens with zero attached hydrogens (tertiary/aromatic N) is 6. The van der Waals surface area contributed by atoms with Crippen molar-refractivity contribution in [2.24, 2.45) is 5.10 Å². The molecule has 0 bridgehead atoms. The molecule has 3 aromatic rings. The molecule has 0 aliphatic carbocycles. The van der Waals surface area contributed by atoms with Gasteiger partial charge in [-0.3, -0.25) is 10.1 Å². The van der Waals surface area contributed by atoms with Gasteiger partial charge >= 0.3 is 0 Å². The number of hydrazone groups is 1. The summed E-state index contributed by atoms with van der Waals surface area (Å²) in [4.78, 5) is 26.4. The Hall–Kier alpha value is -4.28. The molecule has 36 heavy (non-hydrogen) atoms. The molecule has 2 N–H and O–H groups in total. The quantitative estimate of drug-likeness (QED) is 0.173. The minimum absolute atomic E-state index is 0.00947. The first-order chi connectivity index (χ1) is 17.5. The third-order valence-corrected chi connectivity index (χ3v) is 5.31. The van der Waals surface area contributed by atoms with Crippen LogP contribution in [-0.4, -0.2) is 46.3 Å². The Bertz CT molecular complexity index is 1150. The lowest BCUT2D eigenvalue weighted by atomic mass is 10.2. The molecule has 1 heterocycles. The van der Waals surface area contributed by atoms with Crippen LogP contribution in [0.2, 0.25) is 0 Å². The van der Waals surface area contributed by atoms with Gasteiger partial charge in [0.2, 0.25) is 17.8 Å². The van der Waals surface area contributed by atoms with Gasteiger partial charge in [0.1, 0.15) is 5.75 Å². The molecule has 0 aliphatic rings. The highest BCUT2D eigenvalue weighted by molar-refractivity contribution is 5.83. The number of ether oxygens (including phenoxy) is 1. The maximum absolute atomic E-state index is 11.0. The molecular weight excluding hydrogens is 460 g/mol. The predicted octanol–water partition coefficient (Wildman–Crippen LogP) is 5.38. The molecule has 11 nitrogen and oxygen atoms in total. The first-order valence-corrected chi connectivity index (χ1v) is 12.0. The summed E-state index contributed by atoms with van der Waals surface area (Å²) in [6.07, 6.45) is 5.76. The van der Waals surface area contributed by atoms with E-state index in [0.717, 1.165) is 44.3 Å². The summed E-state index contributed by atoms with van der Waals surface area (Å²) in [6, 6.07) is 13.6. The maximum atomic E-state index is 11.0. The number of para-hydroxylation sites is 1. The molecule has 190 valence electrons. The van der Waals surface area contributed by atoms with Gasteiger partial charge in [-0.05, 0) is 37.1 Å². The van der Waals surface area contributed by atoms with Crippen molar-refractivity contribution in [3.8, 4) is 5.75 Å². The zero-order valence-corrected chi connectivity index (χ0v) is 20.8. The molecule has 3 rings (SSSR count). The van der Waals surface area contributed by atoms with Crippen LogP contribution in [-0.2, 0) is 0 Å². The SMILES string of the molecule is CCCCN(CCCC)c1nc(N/N=C/c2ccccc2OC)nc(Nc2ccc([N+](=O)[O-])cc2)n1. The normalized spacial score (nSPS) is 10.9. The molecule has 1 aromatic heterocycles. The van der Waals surface area contributed by atoms with Crippen molar-refractivity contribution in [3.63, 3.8) is 0 Å². The van der Waals surface area contributed by atoms with Crippen molar-refractivity contribution in [2.45, 2.75) is 39.5 Å². The molecule has 0 saturated heterocycles. The van der Waals surface area contributed by atoms with Crippen molar-refractivity contribution in [3.05, 3.63) is 64.2 Å². The van der Waals surface area contributed by atoms with E-state index < -0.39 is 4.92 Å². The van der Waals surface area contributed by atoms with Crippen molar-refractivity contribution in [2.75, 3.05) is 35.8 Å². The second kappa shape index (κ2) is 13.6. The topological polar surface area (TPSA) is 131 Å². The third-order valence-electron chi connectivity index (χ3n) is 5.31. The molecule has 0 atom stereocenters. The van der Waals surface area contributed by atoms with Gasteiger partial charge in [0.05, 0.1) is 18.2 Å². The Morgan fingerprint density at radius 2 is 1.67 bits per heavy atom. The largest absolute Gasteiger partial charge is 0.496 e. The van der Waals surface area contributed by atoms with Gasteiger partial charge in [0.15, 0.2) is 0 Å². The van der Waals surface area contributed by atoms with Crippen LogP contribution in [0, 0.1) is 10.1 Å². The Balaban J connectivity index is 1.89. The lowest BCUT2D eigenvalue weighted by molar-refractivity contribution is -0.384. The van der Waals surface area contributed by atoms with E-state index in [2.05, 4.69) is 49.5 Å². The van der Waals surface area contributed by atoms with Crippen molar-refractivity contribution in [1.29, 1.82) is 0 Å². The van der Waals surface area contributed by atoms with Gasteiger partial charge in [-0.2, -0.15) is 20.1 Å². The van der Waals surface area contributed by atoms with Crippen LogP contribution < -0.4 is 20.4 Å². The van der Waals surface area contributed by atoms with Gasteiger partial charge < -0.3 is 15.0 Å². The number of nitrogens with one attached hydrogen (secondary N) is 2. The van der Waals surface area contributed by atoms with Crippen LogP contribution in [0.25, 0.3) is 0 Å². The summed E-state index contributed by atoms with van der Waals surface area (Å²) >= 11 is 0. The Morgan fingerprint density at radius 1 is 1.00 bits per heavy atom. The van der Waals surface area contributed by atoms with Gasteiger partial charge in [0, 0.05) is 36.5 Å². The van der Waals surface area contributed by atoms with E-state index in [0.29, 0.717) is 23.3 Å². The molecule has 2 aromatic carbocycles. The number of non-ortho nitro benzene ring substituents is 1. The van der Waals surface area contributed by atoms with Crippen LogP contribution >= 0.6 is 0 Å². The summed E-state index contributed by atoms with van der Waals surface area (Å²) in [5.41, 5.74) is 4.33. The highest BCUT2D eigenvalue weighted by atomic mass is 16.6.